The molecule has 0 fully saturated rings. The molecule has 0 bridgehead atoms. The first-order valence-corrected chi connectivity index (χ1v) is 7.06. The molecule has 0 aliphatic heterocycles. The van der Waals surface area contributed by atoms with E-state index in [1.165, 1.54) is 16.8 Å². The van der Waals surface area contributed by atoms with Gasteiger partial charge in [-0.2, -0.15) is 4.52 Å². The van der Waals surface area contributed by atoms with Gasteiger partial charge in [0.25, 0.3) is 10.8 Å². The zero-order valence-corrected chi connectivity index (χ0v) is 12.2. The minimum atomic E-state index is -0.273. The lowest BCUT2D eigenvalue weighted by Crippen LogP contribution is -2.12. The number of aromatic nitrogens is 3. The third-order valence-electron chi connectivity index (χ3n) is 2.45. The molecule has 3 aromatic rings. The Balaban J connectivity index is 1.99. The van der Waals surface area contributed by atoms with Crippen molar-refractivity contribution in [3.63, 3.8) is 0 Å². The van der Waals surface area contributed by atoms with Crippen LogP contribution in [0.5, 0.6) is 10.9 Å². The van der Waals surface area contributed by atoms with Crippen LogP contribution in [0, 0.1) is 0 Å². The van der Waals surface area contributed by atoms with Gasteiger partial charge < -0.3 is 4.74 Å². The van der Waals surface area contributed by atoms with Gasteiger partial charge in [-0.05, 0) is 29.5 Å². The van der Waals surface area contributed by atoms with Gasteiger partial charge in [-0.25, -0.2) is 4.98 Å². The summed E-state index contributed by atoms with van der Waals surface area (Å²) in [7, 11) is 0. The Hall–Kier alpha value is -2.06. The number of aldehydes is 1. The number of ether oxygens (including phenoxy) is 1. The van der Waals surface area contributed by atoms with Crippen molar-refractivity contribution in [2.24, 2.45) is 0 Å². The molecule has 2 aromatic heterocycles. The summed E-state index contributed by atoms with van der Waals surface area (Å²) in [6.45, 7) is 0. The molecule has 0 radical (unpaired) electrons. The minimum Gasteiger partial charge on any atom is -0.430 e. The number of hydrogen-bond donors (Lipinski definition) is 0. The van der Waals surface area contributed by atoms with Gasteiger partial charge in [0.05, 0.1) is 0 Å². The first-order valence-electron chi connectivity index (χ1n) is 5.45. The van der Waals surface area contributed by atoms with E-state index < -0.39 is 0 Å². The smallest absolute Gasteiger partial charge is 0.299 e. The number of fused-ring (bicyclic) bond motifs is 1. The molecule has 0 amide bonds. The maximum Gasteiger partial charge on any atom is 0.299 e. The van der Waals surface area contributed by atoms with Crippen LogP contribution in [0.25, 0.3) is 4.96 Å². The molecule has 2 heterocycles. The molecule has 0 aliphatic rings. The molecule has 8 heteroatoms. The fourth-order valence-electron chi connectivity index (χ4n) is 1.54. The molecule has 100 valence electrons. The molecule has 0 aliphatic carbocycles. The van der Waals surface area contributed by atoms with Crippen molar-refractivity contribution in [1.82, 2.24) is 14.6 Å². The molecule has 0 unspecified atom stereocenters. The van der Waals surface area contributed by atoms with Crippen molar-refractivity contribution < 1.29 is 9.53 Å². The number of hydrogen-bond acceptors (Lipinski definition) is 6. The van der Waals surface area contributed by atoms with E-state index in [1.54, 1.807) is 18.2 Å². The van der Waals surface area contributed by atoms with E-state index in [0.717, 1.165) is 17.6 Å². The van der Waals surface area contributed by atoms with E-state index in [2.05, 4.69) is 26.0 Å². The van der Waals surface area contributed by atoms with Gasteiger partial charge in [-0.1, -0.05) is 15.9 Å². The van der Waals surface area contributed by atoms with Crippen molar-refractivity contribution in [2.75, 3.05) is 0 Å². The lowest BCUT2D eigenvalue weighted by atomic mass is 10.2. The molecular formula is C12H6BrN3O3S. The third kappa shape index (κ3) is 2.35. The maximum atomic E-state index is 11.5. The van der Waals surface area contributed by atoms with Crippen molar-refractivity contribution in [1.29, 1.82) is 0 Å². The fraction of sp³-hybridized carbons (Fsp3) is 0. The quantitative estimate of drug-likeness (QED) is 0.678. The van der Waals surface area contributed by atoms with Gasteiger partial charge in [0.2, 0.25) is 4.96 Å². The van der Waals surface area contributed by atoms with Gasteiger partial charge in [0.15, 0.2) is 6.29 Å². The molecular weight excluding hydrogens is 346 g/mol. The maximum absolute atomic E-state index is 11.5. The minimum absolute atomic E-state index is 0.273. The van der Waals surface area contributed by atoms with Crippen LogP contribution in [0.2, 0.25) is 0 Å². The number of rotatable bonds is 3. The van der Waals surface area contributed by atoms with E-state index >= 15 is 0 Å². The van der Waals surface area contributed by atoms with Crippen LogP contribution in [0.15, 0.2) is 39.7 Å². The highest BCUT2D eigenvalue weighted by atomic mass is 79.9. The Kier molecular flexibility index (Phi) is 3.33. The summed E-state index contributed by atoms with van der Waals surface area (Å²) in [4.78, 5) is 26.9. The summed E-state index contributed by atoms with van der Waals surface area (Å²) >= 11 is 4.40. The molecule has 20 heavy (non-hydrogen) atoms. The molecule has 0 N–H and O–H groups in total. The van der Waals surface area contributed by atoms with Crippen LogP contribution in [0.4, 0.5) is 0 Å². The fourth-order valence-corrected chi connectivity index (χ4v) is 2.63. The second-order valence-electron chi connectivity index (χ2n) is 3.75. The van der Waals surface area contributed by atoms with Crippen LogP contribution in [0.1, 0.15) is 10.4 Å². The standard InChI is InChI=1S/C12H6BrN3O3S/c13-9-2-1-8(5-7(9)6-17)19-12-15-16-10(18)3-4-14-11(16)20-12/h1-6H. The van der Waals surface area contributed by atoms with Crippen LogP contribution >= 0.6 is 27.3 Å². The predicted octanol–water partition coefficient (Wildman–Crippen LogP) is 2.52. The normalized spacial score (nSPS) is 10.7. The first-order chi connectivity index (χ1) is 9.67. The number of carbonyl (C=O) groups excluding carboxylic acids is 1. The lowest BCUT2D eigenvalue weighted by Gasteiger charge is -2.02. The predicted molar refractivity (Wildman–Crippen MR) is 76.7 cm³/mol. The molecule has 0 atom stereocenters. The molecule has 6 nitrogen and oxygen atoms in total. The van der Waals surface area contributed by atoms with E-state index in [4.69, 9.17) is 4.74 Å². The zero-order chi connectivity index (χ0) is 14.1. The Morgan fingerprint density at radius 3 is 2.95 bits per heavy atom. The Morgan fingerprint density at radius 2 is 2.20 bits per heavy atom. The number of nitrogens with zero attached hydrogens (tertiary/aromatic N) is 3. The van der Waals surface area contributed by atoms with Crippen molar-refractivity contribution >= 4 is 38.5 Å². The van der Waals surface area contributed by atoms with E-state index in [0.29, 0.717) is 20.7 Å². The van der Waals surface area contributed by atoms with Gasteiger partial charge >= 0.3 is 0 Å². The summed E-state index contributed by atoms with van der Waals surface area (Å²) in [5, 5.41) is 4.30. The highest BCUT2D eigenvalue weighted by molar-refractivity contribution is 9.10. The van der Waals surface area contributed by atoms with E-state index in [-0.39, 0.29) is 10.8 Å². The van der Waals surface area contributed by atoms with E-state index in [1.807, 2.05) is 0 Å². The zero-order valence-electron chi connectivity index (χ0n) is 9.82. The van der Waals surface area contributed by atoms with Gasteiger partial charge in [-0.3, -0.25) is 9.59 Å². The topological polar surface area (TPSA) is 73.6 Å². The highest BCUT2D eigenvalue weighted by Gasteiger charge is 2.09. The lowest BCUT2D eigenvalue weighted by molar-refractivity contribution is 0.112. The number of halogens is 1. The second kappa shape index (κ2) is 5.14. The van der Waals surface area contributed by atoms with Crippen LogP contribution in [0.3, 0.4) is 0 Å². The average molecular weight is 352 g/mol. The second-order valence-corrected chi connectivity index (χ2v) is 5.52. The largest absolute Gasteiger partial charge is 0.430 e. The third-order valence-corrected chi connectivity index (χ3v) is 3.97. The van der Waals surface area contributed by atoms with Gasteiger partial charge in [0, 0.05) is 22.3 Å². The summed E-state index contributed by atoms with van der Waals surface area (Å²) in [6.07, 6.45) is 2.14. The Bertz CT molecular complexity index is 859. The summed E-state index contributed by atoms with van der Waals surface area (Å²) in [6, 6.07) is 6.30. The molecule has 3 rings (SSSR count). The van der Waals surface area contributed by atoms with Crippen LogP contribution in [-0.2, 0) is 0 Å². The molecule has 0 saturated heterocycles. The van der Waals surface area contributed by atoms with Crippen LogP contribution < -0.4 is 10.3 Å². The van der Waals surface area contributed by atoms with Crippen molar-refractivity contribution in [2.45, 2.75) is 0 Å². The van der Waals surface area contributed by atoms with Gasteiger partial charge in [0.1, 0.15) is 5.75 Å². The number of carbonyl (C=O) groups is 1. The number of benzene rings is 1. The SMILES string of the molecule is O=Cc1cc(Oc2nn3c(=O)ccnc3s2)ccc1Br. The summed E-state index contributed by atoms with van der Waals surface area (Å²) in [5.74, 6) is 0.461. The highest BCUT2D eigenvalue weighted by Crippen LogP contribution is 2.28. The molecule has 1 aromatic carbocycles. The summed E-state index contributed by atoms with van der Waals surface area (Å²) < 4.78 is 7.39. The van der Waals surface area contributed by atoms with Crippen molar-refractivity contribution in [3.8, 4) is 10.9 Å². The van der Waals surface area contributed by atoms with Gasteiger partial charge in [-0.15, -0.1) is 5.10 Å². The summed E-state index contributed by atoms with van der Waals surface area (Å²) in [5.41, 5.74) is 0.199. The molecule has 0 spiro atoms. The van der Waals surface area contributed by atoms with E-state index in [9.17, 15) is 9.59 Å². The Morgan fingerprint density at radius 1 is 1.35 bits per heavy atom. The Labute approximate surface area is 124 Å². The first kappa shape index (κ1) is 12.9. The monoisotopic (exact) mass is 351 g/mol. The van der Waals surface area contributed by atoms with Crippen molar-refractivity contribution in [3.05, 3.63) is 50.9 Å². The van der Waals surface area contributed by atoms with Crippen LogP contribution in [-0.4, -0.2) is 20.9 Å². The molecule has 0 saturated carbocycles. The average Bonchev–Trinajstić information content (AvgIpc) is 2.85.